The summed E-state index contributed by atoms with van der Waals surface area (Å²) in [6.07, 6.45) is 6.80. The number of pyridine rings is 1. The molecule has 23 heavy (non-hydrogen) atoms. The zero-order valence-electron chi connectivity index (χ0n) is 12.1. The Morgan fingerprint density at radius 2 is 2.09 bits per heavy atom. The number of aromatic nitrogens is 3. The fraction of sp³-hybridized carbons (Fsp3) is 0.125. The highest BCUT2D eigenvalue weighted by atomic mass is 35.5. The van der Waals surface area contributed by atoms with E-state index in [0.29, 0.717) is 16.3 Å². The second-order valence-corrected chi connectivity index (χ2v) is 5.67. The molecule has 0 amide bonds. The van der Waals surface area contributed by atoms with E-state index in [1.165, 1.54) is 12.1 Å². The smallest absolute Gasteiger partial charge is 0.142 e. The number of rotatable bonds is 4. The van der Waals surface area contributed by atoms with Crippen molar-refractivity contribution in [3.8, 4) is 17.1 Å². The van der Waals surface area contributed by atoms with E-state index >= 15 is 0 Å². The number of aryl methyl sites for hydroxylation is 1. The van der Waals surface area contributed by atoms with Crippen LogP contribution in [0, 0.1) is 5.82 Å². The highest BCUT2D eigenvalue weighted by molar-refractivity contribution is 6.36. The average Bonchev–Trinajstić information content (AvgIpc) is 2.97. The molecule has 0 N–H and O–H groups in total. The first kappa shape index (κ1) is 15.8. The van der Waals surface area contributed by atoms with Crippen molar-refractivity contribution >= 4 is 23.2 Å². The number of benzene rings is 1. The van der Waals surface area contributed by atoms with Crippen molar-refractivity contribution in [2.24, 2.45) is 7.05 Å². The first-order valence-electron chi connectivity index (χ1n) is 6.74. The number of hydrogen-bond acceptors (Lipinski definition) is 3. The summed E-state index contributed by atoms with van der Waals surface area (Å²) in [5, 5.41) is 0.315. The standard InChI is InChI=1S/C16H12Cl2FN3O/c1-22-5-4-21-16(22)10-6-11(8-20-7-10)23-9-12-13(17)2-3-14(19)15(12)18/h2-8H,9H2,1H3. The van der Waals surface area contributed by atoms with Gasteiger partial charge in [-0.15, -0.1) is 0 Å². The Morgan fingerprint density at radius 1 is 1.26 bits per heavy atom. The maximum atomic E-state index is 13.5. The zero-order chi connectivity index (χ0) is 16.4. The van der Waals surface area contributed by atoms with Crippen LogP contribution < -0.4 is 4.74 Å². The molecule has 0 aliphatic carbocycles. The molecule has 0 fully saturated rings. The lowest BCUT2D eigenvalue weighted by molar-refractivity contribution is 0.304. The van der Waals surface area contributed by atoms with Gasteiger partial charge in [0.25, 0.3) is 0 Å². The van der Waals surface area contributed by atoms with Crippen molar-refractivity contribution in [1.82, 2.24) is 14.5 Å². The summed E-state index contributed by atoms with van der Waals surface area (Å²) in [6.45, 7) is 0.0428. The second-order valence-electron chi connectivity index (χ2n) is 4.88. The minimum absolute atomic E-state index is 0.0364. The Bertz CT molecular complexity index is 851. The van der Waals surface area contributed by atoms with E-state index < -0.39 is 5.82 Å². The Balaban J connectivity index is 1.82. The lowest BCUT2D eigenvalue weighted by Gasteiger charge is -2.10. The van der Waals surface area contributed by atoms with Gasteiger partial charge < -0.3 is 9.30 Å². The van der Waals surface area contributed by atoms with Gasteiger partial charge >= 0.3 is 0 Å². The predicted octanol–water partition coefficient (Wildman–Crippen LogP) is 4.51. The fourth-order valence-electron chi connectivity index (χ4n) is 2.12. The van der Waals surface area contributed by atoms with Crippen LogP contribution in [0.4, 0.5) is 4.39 Å². The third kappa shape index (κ3) is 3.30. The van der Waals surface area contributed by atoms with Crippen LogP contribution in [0.3, 0.4) is 0 Å². The van der Waals surface area contributed by atoms with Gasteiger partial charge in [-0.25, -0.2) is 9.37 Å². The Kier molecular flexibility index (Phi) is 4.50. The van der Waals surface area contributed by atoms with Gasteiger partial charge in [-0.1, -0.05) is 23.2 Å². The summed E-state index contributed by atoms with van der Waals surface area (Å²) in [6, 6.07) is 4.47. The van der Waals surface area contributed by atoms with Gasteiger partial charge in [0.05, 0.1) is 11.2 Å². The van der Waals surface area contributed by atoms with Crippen molar-refractivity contribution in [3.63, 3.8) is 0 Å². The molecule has 0 spiro atoms. The highest BCUT2D eigenvalue weighted by Gasteiger charge is 2.12. The maximum absolute atomic E-state index is 13.5. The van der Waals surface area contributed by atoms with E-state index in [1.807, 2.05) is 17.8 Å². The van der Waals surface area contributed by atoms with Crippen molar-refractivity contribution in [2.45, 2.75) is 6.61 Å². The van der Waals surface area contributed by atoms with Gasteiger partial charge in [0.2, 0.25) is 0 Å². The van der Waals surface area contributed by atoms with Crippen LogP contribution in [0.25, 0.3) is 11.4 Å². The van der Waals surface area contributed by atoms with Crippen LogP contribution in [0.2, 0.25) is 10.0 Å². The molecule has 2 heterocycles. The molecule has 0 atom stereocenters. The van der Waals surface area contributed by atoms with Crippen molar-refractivity contribution < 1.29 is 9.13 Å². The molecular formula is C16H12Cl2FN3O. The molecule has 1 aromatic carbocycles. The molecule has 0 aliphatic heterocycles. The molecule has 0 saturated carbocycles. The Morgan fingerprint density at radius 3 is 2.83 bits per heavy atom. The summed E-state index contributed by atoms with van der Waals surface area (Å²) >= 11 is 12.0. The van der Waals surface area contributed by atoms with E-state index in [2.05, 4.69) is 9.97 Å². The van der Waals surface area contributed by atoms with Crippen LogP contribution >= 0.6 is 23.2 Å². The normalized spacial score (nSPS) is 10.8. The molecule has 3 aromatic rings. The van der Waals surface area contributed by atoms with Crippen LogP contribution in [0.1, 0.15) is 5.56 Å². The molecule has 2 aromatic heterocycles. The third-order valence-electron chi connectivity index (χ3n) is 3.31. The predicted molar refractivity (Wildman–Crippen MR) is 87.2 cm³/mol. The molecule has 3 rings (SSSR count). The SMILES string of the molecule is Cn1ccnc1-c1cncc(OCc2c(Cl)ccc(F)c2Cl)c1. The summed E-state index contributed by atoms with van der Waals surface area (Å²) < 4.78 is 21.0. The summed E-state index contributed by atoms with van der Waals surface area (Å²) in [7, 11) is 1.89. The van der Waals surface area contributed by atoms with E-state index in [0.717, 1.165) is 11.4 Å². The largest absolute Gasteiger partial charge is 0.487 e. The summed E-state index contributed by atoms with van der Waals surface area (Å²) in [5.41, 5.74) is 1.21. The quantitative estimate of drug-likeness (QED) is 0.649. The number of ether oxygens (including phenoxy) is 1. The number of nitrogens with zero attached hydrogens (tertiary/aromatic N) is 3. The molecule has 0 saturated heterocycles. The monoisotopic (exact) mass is 351 g/mol. The topological polar surface area (TPSA) is 39.9 Å². The molecule has 0 bridgehead atoms. The average molecular weight is 352 g/mol. The van der Waals surface area contributed by atoms with Crippen molar-refractivity contribution in [3.05, 3.63) is 64.4 Å². The van der Waals surface area contributed by atoms with Crippen LogP contribution in [-0.4, -0.2) is 14.5 Å². The van der Waals surface area contributed by atoms with E-state index in [-0.39, 0.29) is 11.6 Å². The van der Waals surface area contributed by atoms with Crippen LogP contribution in [0.15, 0.2) is 43.0 Å². The van der Waals surface area contributed by atoms with Gasteiger partial charge in [0, 0.05) is 41.8 Å². The van der Waals surface area contributed by atoms with E-state index in [9.17, 15) is 4.39 Å². The van der Waals surface area contributed by atoms with E-state index in [4.69, 9.17) is 27.9 Å². The van der Waals surface area contributed by atoms with Crippen molar-refractivity contribution in [2.75, 3.05) is 0 Å². The third-order valence-corrected chi connectivity index (χ3v) is 4.08. The zero-order valence-corrected chi connectivity index (χ0v) is 13.6. The van der Waals surface area contributed by atoms with Gasteiger partial charge in [-0.2, -0.15) is 0 Å². The van der Waals surface area contributed by atoms with Gasteiger partial charge in [0.1, 0.15) is 24.0 Å². The molecule has 4 nitrogen and oxygen atoms in total. The summed E-state index contributed by atoms with van der Waals surface area (Å²) in [4.78, 5) is 8.40. The first-order valence-corrected chi connectivity index (χ1v) is 7.50. The molecule has 118 valence electrons. The summed E-state index contributed by atoms with van der Waals surface area (Å²) in [5.74, 6) is 0.751. The van der Waals surface area contributed by atoms with E-state index in [1.54, 1.807) is 24.7 Å². The Labute approximate surface area is 142 Å². The van der Waals surface area contributed by atoms with Crippen LogP contribution in [0.5, 0.6) is 5.75 Å². The molecule has 0 radical (unpaired) electrons. The van der Waals surface area contributed by atoms with Crippen molar-refractivity contribution in [1.29, 1.82) is 0 Å². The second kappa shape index (κ2) is 6.56. The first-order chi connectivity index (χ1) is 11.1. The Hall–Kier alpha value is -2.11. The van der Waals surface area contributed by atoms with Crippen LogP contribution in [-0.2, 0) is 13.7 Å². The number of hydrogen-bond donors (Lipinski definition) is 0. The molecule has 0 unspecified atom stereocenters. The number of halogens is 3. The fourth-order valence-corrected chi connectivity index (χ4v) is 2.60. The molecule has 7 heteroatoms. The lowest BCUT2D eigenvalue weighted by atomic mass is 10.2. The minimum atomic E-state index is -0.533. The maximum Gasteiger partial charge on any atom is 0.142 e. The van der Waals surface area contributed by atoms with Gasteiger partial charge in [-0.3, -0.25) is 4.98 Å². The molecule has 0 aliphatic rings. The highest BCUT2D eigenvalue weighted by Crippen LogP contribution is 2.29. The minimum Gasteiger partial charge on any atom is -0.487 e. The number of imidazole rings is 1. The molecular weight excluding hydrogens is 340 g/mol. The van der Waals surface area contributed by atoms with Gasteiger partial charge in [-0.05, 0) is 18.2 Å². The van der Waals surface area contributed by atoms with Gasteiger partial charge in [0.15, 0.2) is 0 Å². The lowest BCUT2D eigenvalue weighted by Crippen LogP contribution is -2.00.